The number of hydrogen-bond acceptors (Lipinski definition) is 3. The Morgan fingerprint density at radius 1 is 1.40 bits per heavy atom. The van der Waals surface area contributed by atoms with Crippen LogP contribution in [-0.2, 0) is 13.6 Å². The van der Waals surface area contributed by atoms with Gasteiger partial charge < -0.3 is 8.85 Å². The molecule has 0 heterocycles. The Morgan fingerprint density at radius 3 is 2.20 bits per heavy atom. The van der Waals surface area contributed by atoms with E-state index in [1.165, 1.54) is 0 Å². The van der Waals surface area contributed by atoms with E-state index < -0.39 is 8.32 Å². The molecule has 0 amide bonds. The zero-order valence-corrected chi connectivity index (χ0v) is 13.6. The van der Waals surface area contributed by atoms with Crippen LogP contribution in [0.2, 0.25) is 13.1 Å². The standard InChI is InChI=1S/C10H22O3Si2/c1-8(10(2,3)4)9(11)12-7-15(5,6)13-14/h1,7H2,2-6,14H3. The summed E-state index contributed by atoms with van der Waals surface area (Å²) in [7, 11) is -1.07. The molecule has 5 heteroatoms. The van der Waals surface area contributed by atoms with Crippen LogP contribution in [0.15, 0.2) is 12.2 Å². The Kier molecular flexibility index (Phi) is 4.96. The summed E-state index contributed by atoms with van der Waals surface area (Å²) < 4.78 is 10.6. The molecule has 0 rings (SSSR count). The van der Waals surface area contributed by atoms with Gasteiger partial charge in [0, 0.05) is 5.57 Å². The molecule has 0 atom stereocenters. The lowest BCUT2D eigenvalue weighted by Gasteiger charge is -2.24. The molecule has 0 aromatic rings. The summed E-state index contributed by atoms with van der Waals surface area (Å²) in [6, 6.07) is 0. The molecule has 88 valence electrons. The molecule has 0 N–H and O–H groups in total. The largest absolute Gasteiger partial charge is 0.463 e. The van der Waals surface area contributed by atoms with E-state index in [0.717, 1.165) is 0 Å². The van der Waals surface area contributed by atoms with Gasteiger partial charge in [-0.3, -0.25) is 0 Å². The van der Waals surface area contributed by atoms with Gasteiger partial charge in [0.1, 0.15) is 16.7 Å². The molecule has 0 bridgehead atoms. The third kappa shape index (κ3) is 5.29. The van der Waals surface area contributed by atoms with Gasteiger partial charge in [0.05, 0.1) is 0 Å². The fourth-order valence-electron chi connectivity index (χ4n) is 0.692. The minimum absolute atomic E-state index is 0.232. The van der Waals surface area contributed by atoms with E-state index in [1.807, 2.05) is 33.9 Å². The van der Waals surface area contributed by atoms with Gasteiger partial charge in [0.15, 0.2) is 0 Å². The monoisotopic (exact) mass is 246 g/mol. The minimum Gasteiger partial charge on any atom is -0.463 e. The fourth-order valence-corrected chi connectivity index (χ4v) is 1.64. The summed E-state index contributed by atoms with van der Waals surface area (Å²) in [5, 5.41) is 0. The summed E-state index contributed by atoms with van der Waals surface area (Å²) in [6.07, 6.45) is 0.407. The predicted octanol–water partition coefficient (Wildman–Crippen LogP) is 1.17. The van der Waals surface area contributed by atoms with Crippen molar-refractivity contribution in [1.82, 2.24) is 0 Å². The third-order valence-electron chi connectivity index (χ3n) is 2.26. The first kappa shape index (κ1) is 14.6. The lowest BCUT2D eigenvalue weighted by Crippen LogP contribution is -2.37. The fraction of sp³-hybridized carbons (Fsp3) is 0.700. The second kappa shape index (κ2) is 5.09. The van der Waals surface area contributed by atoms with Gasteiger partial charge in [0.25, 0.3) is 0 Å². The van der Waals surface area contributed by atoms with Gasteiger partial charge in [-0.05, 0) is 18.5 Å². The van der Waals surface area contributed by atoms with E-state index in [4.69, 9.17) is 8.85 Å². The van der Waals surface area contributed by atoms with Crippen molar-refractivity contribution in [3.05, 3.63) is 12.2 Å². The molecule has 0 aliphatic heterocycles. The van der Waals surface area contributed by atoms with Crippen molar-refractivity contribution in [3.63, 3.8) is 0 Å². The van der Waals surface area contributed by atoms with E-state index in [1.54, 1.807) is 0 Å². The zero-order chi connectivity index (χ0) is 12.3. The third-order valence-corrected chi connectivity index (χ3v) is 7.52. The smallest absolute Gasteiger partial charge is 0.333 e. The summed E-state index contributed by atoms with van der Waals surface area (Å²) in [6.45, 7) is 13.7. The molecule has 0 aliphatic carbocycles. The molecule has 15 heavy (non-hydrogen) atoms. The first-order chi connectivity index (χ1) is 6.60. The van der Waals surface area contributed by atoms with Crippen LogP contribution in [-0.4, -0.2) is 31.0 Å². The molecule has 3 nitrogen and oxygen atoms in total. The van der Waals surface area contributed by atoms with Crippen LogP contribution in [0.4, 0.5) is 0 Å². The Morgan fingerprint density at radius 2 is 1.87 bits per heavy atom. The van der Waals surface area contributed by atoms with Crippen LogP contribution in [0.3, 0.4) is 0 Å². The highest BCUT2D eigenvalue weighted by molar-refractivity contribution is 6.73. The van der Waals surface area contributed by atoms with Crippen molar-refractivity contribution in [3.8, 4) is 0 Å². The Bertz CT molecular complexity index is 254. The summed E-state index contributed by atoms with van der Waals surface area (Å²) >= 11 is 0. The van der Waals surface area contributed by atoms with E-state index in [9.17, 15) is 4.79 Å². The lowest BCUT2D eigenvalue weighted by molar-refractivity contribution is -0.138. The highest BCUT2D eigenvalue weighted by atomic mass is 28.4. The second-order valence-corrected chi connectivity index (χ2v) is 10.7. The number of carbonyl (C=O) groups is 1. The van der Waals surface area contributed by atoms with Crippen molar-refractivity contribution in [2.75, 3.05) is 6.23 Å². The molecule has 0 fully saturated rings. The Labute approximate surface area is 96.5 Å². The van der Waals surface area contributed by atoms with Crippen LogP contribution >= 0.6 is 0 Å². The van der Waals surface area contributed by atoms with Gasteiger partial charge in [-0.1, -0.05) is 27.4 Å². The quantitative estimate of drug-likeness (QED) is 0.424. The molecule has 0 aromatic carbocycles. The van der Waals surface area contributed by atoms with Crippen molar-refractivity contribution in [2.24, 2.45) is 5.41 Å². The van der Waals surface area contributed by atoms with Gasteiger partial charge in [0.2, 0.25) is 8.32 Å². The Balaban J connectivity index is 4.23. The molecule has 0 unspecified atom stereocenters. The molecule has 0 spiro atoms. The Hall–Kier alpha value is -0.396. The van der Waals surface area contributed by atoms with Crippen molar-refractivity contribution in [2.45, 2.75) is 33.9 Å². The van der Waals surface area contributed by atoms with E-state index >= 15 is 0 Å². The SMILES string of the molecule is C=C(C(=O)OC[Si](C)(C)O[SiH3])C(C)(C)C. The molecule has 0 aromatic heterocycles. The first-order valence-electron chi connectivity index (χ1n) is 5.02. The number of hydrogen-bond donors (Lipinski definition) is 0. The summed E-state index contributed by atoms with van der Waals surface area (Å²) in [5.74, 6) is -0.304. The van der Waals surface area contributed by atoms with Crippen LogP contribution in [0, 0.1) is 5.41 Å². The van der Waals surface area contributed by atoms with Crippen molar-refractivity contribution in [1.29, 1.82) is 0 Å². The average molecular weight is 246 g/mol. The molecule has 0 saturated carbocycles. The molecular formula is C10H22O3Si2. The van der Waals surface area contributed by atoms with Gasteiger partial charge in [-0.25, -0.2) is 4.79 Å². The number of carbonyl (C=O) groups excluding carboxylic acids is 1. The zero-order valence-electron chi connectivity index (χ0n) is 10.6. The van der Waals surface area contributed by atoms with Gasteiger partial charge >= 0.3 is 5.97 Å². The normalized spacial score (nSPS) is 12.6. The highest BCUT2D eigenvalue weighted by Crippen LogP contribution is 2.24. The van der Waals surface area contributed by atoms with E-state index in [-0.39, 0.29) is 11.4 Å². The second-order valence-electron chi connectivity index (χ2n) is 5.27. The van der Waals surface area contributed by atoms with Crippen molar-refractivity contribution < 1.29 is 13.6 Å². The molecular weight excluding hydrogens is 224 g/mol. The average Bonchev–Trinajstić information content (AvgIpc) is 2.11. The molecule has 0 radical (unpaired) electrons. The maximum absolute atomic E-state index is 11.6. The van der Waals surface area contributed by atoms with Crippen LogP contribution in [0.25, 0.3) is 0 Å². The first-order valence-corrected chi connectivity index (χ1v) is 8.95. The topological polar surface area (TPSA) is 35.5 Å². The predicted molar refractivity (Wildman–Crippen MR) is 68.1 cm³/mol. The van der Waals surface area contributed by atoms with Crippen LogP contribution < -0.4 is 0 Å². The van der Waals surface area contributed by atoms with Crippen LogP contribution in [0.5, 0.6) is 0 Å². The number of rotatable bonds is 4. The van der Waals surface area contributed by atoms with Gasteiger partial charge in [-0.2, -0.15) is 0 Å². The van der Waals surface area contributed by atoms with Crippen LogP contribution in [0.1, 0.15) is 20.8 Å². The minimum atomic E-state index is -1.77. The summed E-state index contributed by atoms with van der Waals surface area (Å²) in [5.41, 5.74) is 0.283. The maximum Gasteiger partial charge on any atom is 0.333 e. The van der Waals surface area contributed by atoms with Gasteiger partial charge in [-0.15, -0.1) is 0 Å². The van der Waals surface area contributed by atoms with Crippen molar-refractivity contribution >= 4 is 24.8 Å². The molecule has 0 aliphatic rings. The van der Waals surface area contributed by atoms with E-state index in [2.05, 4.69) is 6.58 Å². The summed E-state index contributed by atoms with van der Waals surface area (Å²) in [4.78, 5) is 11.6. The maximum atomic E-state index is 11.6. The van der Waals surface area contributed by atoms with E-state index in [0.29, 0.717) is 22.3 Å². The number of esters is 1. The highest BCUT2D eigenvalue weighted by Gasteiger charge is 2.27. The number of ether oxygens (including phenoxy) is 1. The lowest BCUT2D eigenvalue weighted by atomic mass is 9.88. The molecule has 0 saturated heterocycles.